The molecule has 2 aliphatic heterocycles. The zero-order valence-electron chi connectivity index (χ0n) is 8.80. The van der Waals surface area contributed by atoms with E-state index < -0.39 is 0 Å². The van der Waals surface area contributed by atoms with Crippen LogP contribution in [0, 0.1) is 0 Å². The number of ether oxygens (including phenoxy) is 1. The Kier molecular flexibility index (Phi) is 2.84. The predicted molar refractivity (Wildman–Crippen MR) is 65.3 cm³/mol. The third-order valence-corrected chi connectivity index (χ3v) is 4.16. The maximum atomic E-state index is 6.29. The van der Waals surface area contributed by atoms with E-state index in [9.17, 15) is 0 Å². The smallest absolute Gasteiger partial charge is 0.0738 e. The van der Waals surface area contributed by atoms with Crippen molar-refractivity contribution in [2.45, 2.75) is 25.0 Å². The van der Waals surface area contributed by atoms with Gasteiger partial charge in [-0.2, -0.15) is 0 Å². The van der Waals surface area contributed by atoms with E-state index in [2.05, 4.69) is 5.32 Å². The molecule has 0 radical (unpaired) electrons. The topological polar surface area (TPSA) is 21.3 Å². The summed E-state index contributed by atoms with van der Waals surface area (Å²) in [6.45, 7) is 2.54. The van der Waals surface area contributed by atoms with Crippen molar-refractivity contribution < 1.29 is 4.74 Å². The number of halogens is 2. The summed E-state index contributed by atoms with van der Waals surface area (Å²) in [5.41, 5.74) is 2.26. The first-order valence-corrected chi connectivity index (χ1v) is 6.32. The third-order valence-electron chi connectivity index (χ3n) is 3.48. The van der Waals surface area contributed by atoms with Crippen LogP contribution in [0.15, 0.2) is 12.1 Å². The van der Waals surface area contributed by atoms with Crippen LogP contribution in [0.4, 0.5) is 0 Å². The lowest BCUT2D eigenvalue weighted by Gasteiger charge is -2.38. The Labute approximate surface area is 105 Å². The number of benzene rings is 1. The summed E-state index contributed by atoms with van der Waals surface area (Å²) >= 11 is 12.5. The van der Waals surface area contributed by atoms with Crippen molar-refractivity contribution in [2.24, 2.45) is 0 Å². The second-order valence-corrected chi connectivity index (χ2v) is 5.18. The first kappa shape index (κ1) is 10.8. The van der Waals surface area contributed by atoms with Gasteiger partial charge in [-0.05, 0) is 30.7 Å². The fraction of sp³-hybridized carbons (Fsp3) is 0.500. The number of hydrogen-bond donors (Lipinski definition) is 1. The number of fused-ring (bicyclic) bond motifs is 3. The van der Waals surface area contributed by atoms with E-state index in [4.69, 9.17) is 27.9 Å². The molecule has 0 unspecified atom stereocenters. The van der Waals surface area contributed by atoms with Gasteiger partial charge >= 0.3 is 0 Å². The maximum Gasteiger partial charge on any atom is 0.0738 e. The van der Waals surface area contributed by atoms with E-state index in [-0.39, 0.29) is 0 Å². The maximum absolute atomic E-state index is 6.29. The molecule has 16 heavy (non-hydrogen) atoms. The van der Waals surface area contributed by atoms with Gasteiger partial charge in [-0.1, -0.05) is 23.2 Å². The molecule has 2 heterocycles. The van der Waals surface area contributed by atoms with E-state index in [1.165, 1.54) is 5.56 Å². The molecule has 2 atom stereocenters. The number of piperidine rings is 1. The Balaban J connectivity index is 2.10. The van der Waals surface area contributed by atoms with Gasteiger partial charge in [0.05, 0.1) is 12.7 Å². The van der Waals surface area contributed by atoms with Crippen LogP contribution in [0.25, 0.3) is 0 Å². The highest BCUT2D eigenvalue weighted by Crippen LogP contribution is 2.41. The second kappa shape index (κ2) is 4.19. The Morgan fingerprint density at radius 1 is 1.25 bits per heavy atom. The molecule has 0 amide bonds. The molecule has 1 N–H and O–H groups in total. The molecule has 2 nitrogen and oxygen atoms in total. The first-order chi connectivity index (χ1) is 7.77. The molecule has 86 valence electrons. The summed E-state index contributed by atoms with van der Waals surface area (Å²) in [6, 6.07) is 3.74. The molecule has 1 saturated heterocycles. The van der Waals surface area contributed by atoms with Gasteiger partial charge in [-0.25, -0.2) is 0 Å². The van der Waals surface area contributed by atoms with Gasteiger partial charge in [0.25, 0.3) is 0 Å². The summed E-state index contributed by atoms with van der Waals surface area (Å²) < 4.78 is 5.86. The Morgan fingerprint density at radius 2 is 2.06 bits per heavy atom. The lowest BCUT2D eigenvalue weighted by molar-refractivity contribution is -0.00671. The summed E-state index contributed by atoms with van der Waals surface area (Å²) in [4.78, 5) is 0. The van der Waals surface area contributed by atoms with Crippen molar-refractivity contribution in [2.75, 3.05) is 13.1 Å². The molecule has 0 saturated carbocycles. The minimum Gasteiger partial charge on any atom is -0.373 e. The fourth-order valence-electron chi connectivity index (χ4n) is 2.67. The largest absolute Gasteiger partial charge is 0.373 e. The quantitative estimate of drug-likeness (QED) is 0.772. The van der Waals surface area contributed by atoms with Crippen LogP contribution >= 0.6 is 23.2 Å². The van der Waals surface area contributed by atoms with Crippen LogP contribution in [-0.4, -0.2) is 19.2 Å². The van der Waals surface area contributed by atoms with Crippen LogP contribution in [0.1, 0.15) is 23.5 Å². The van der Waals surface area contributed by atoms with Crippen molar-refractivity contribution in [3.05, 3.63) is 33.3 Å². The van der Waals surface area contributed by atoms with E-state index in [1.54, 1.807) is 0 Å². The van der Waals surface area contributed by atoms with Crippen LogP contribution in [-0.2, 0) is 11.3 Å². The molecule has 1 aromatic rings. The molecule has 0 aliphatic carbocycles. The van der Waals surface area contributed by atoms with E-state index in [0.717, 1.165) is 35.1 Å². The highest BCUT2D eigenvalue weighted by molar-refractivity contribution is 6.34. The number of nitrogens with one attached hydrogen (secondary N) is 1. The summed E-state index contributed by atoms with van der Waals surface area (Å²) in [5.74, 6) is 0.351. The molecule has 0 aromatic heterocycles. The third kappa shape index (κ3) is 1.65. The van der Waals surface area contributed by atoms with Crippen molar-refractivity contribution in [1.29, 1.82) is 0 Å². The van der Waals surface area contributed by atoms with Crippen molar-refractivity contribution in [3.8, 4) is 0 Å². The Morgan fingerprint density at radius 3 is 2.94 bits per heavy atom. The van der Waals surface area contributed by atoms with Gasteiger partial charge in [0.15, 0.2) is 0 Å². The molecule has 0 spiro atoms. The molecule has 4 heteroatoms. The average molecular weight is 258 g/mol. The zero-order chi connectivity index (χ0) is 11.1. The highest BCUT2D eigenvalue weighted by atomic mass is 35.5. The van der Waals surface area contributed by atoms with Crippen molar-refractivity contribution in [3.63, 3.8) is 0 Å². The Bertz CT molecular complexity index is 422. The lowest BCUT2D eigenvalue weighted by Crippen LogP contribution is -2.42. The SMILES string of the molecule is Clc1ccc(Cl)c2c1CO[C@H]1CCNC[C@@H]21. The molecular formula is C12H13Cl2NO. The van der Waals surface area contributed by atoms with Gasteiger partial charge in [0.1, 0.15) is 0 Å². The number of rotatable bonds is 0. The summed E-state index contributed by atoms with van der Waals surface area (Å²) in [6.07, 6.45) is 1.34. The normalized spacial score (nSPS) is 28.4. The van der Waals surface area contributed by atoms with Crippen LogP contribution in [0.3, 0.4) is 0 Å². The molecule has 1 fully saturated rings. The molecular weight excluding hydrogens is 245 g/mol. The van der Waals surface area contributed by atoms with E-state index >= 15 is 0 Å². The lowest BCUT2D eigenvalue weighted by atomic mass is 9.84. The van der Waals surface area contributed by atoms with Gasteiger partial charge in [0.2, 0.25) is 0 Å². The zero-order valence-corrected chi connectivity index (χ0v) is 10.3. The summed E-state index contributed by atoms with van der Waals surface area (Å²) in [7, 11) is 0. The molecule has 2 aliphatic rings. The first-order valence-electron chi connectivity index (χ1n) is 5.56. The van der Waals surface area contributed by atoms with Crippen molar-refractivity contribution in [1.82, 2.24) is 5.32 Å². The monoisotopic (exact) mass is 257 g/mol. The van der Waals surface area contributed by atoms with Crippen LogP contribution in [0.2, 0.25) is 10.0 Å². The molecule has 0 bridgehead atoms. The Hall–Kier alpha value is -0.280. The van der Waals surface area contributed by atoms with E-state index in [0.29, 0.717) is 18.6 Å². The minimum atomic E-state index is 0.296. The van der Waals surface area contributed by atoms with Crippen LogP contribution < -0.4 is 5.32 Å². The fourth-order valence-corrected chi connectivity index (χ4v) is 3.21. The molecule has 3 rings (SSSR count). The van der Waals surface area contributed by atoms with Gasteiger partial charge in [0, 0.05) is 28.1 Å². The number of hydrogen-bond acceptors (Lipinski definition) is 2. The van der Waals surface area contributed by atoms with Gasteiger partial charge in [-0.15, -0.1) is 0 Å². The van der Waals surface area contributed by atoms with Crippen molar-refractivity contribution >= 4 is 23.2 Å². The molecule has 1 aromatic carbocycles. The highest BCUT2D eigenvalue weighted by Gasteiger charge is 2.34. The summed E-state index contributed by atoms with van der Waals surface area (Å²) in [5, 5.41) is 4.98. The predicted octanol–water partition coefficient (Wildman–Crippen LogP) is 2.97. The second-order valence-electron chi connectivity index (χ2n) is 4.37. The average Bonchev–Trinajstić information content (AvgIpc) is 2.33. The van der Waals surface area contributed by atoms with Gasteiger partial charge in [-0.3, -0.25) is 0 Å². The van der Waals surface area contributed by atoms with Crippen LogP contribution in [0.5, 0.6) is 0 Å². The van der Waals surface area contributed by atoms with Gasteiger partial charge < -0.3 is 10.1 Å². The standard InChI is InChI=1S/C12H13Cl2NO/c13-9-1-2-10(14)12-7-5-15-4-3-11(7)16-6-8(9)12/h1-2,7,11,15H,3-6H2/t7-,11+/m1/s1. The minimum absolute atomic E-state index is 0.296. The van der Waals surface area contributed by atoms with E-state index in [1.807, 2.05) is 12.1 Å².